The minimum atomic E-state index is -1.79. The Balaban J connectivity index is 0. The second-order valence-electron chi connectivity index (χ2n) is 2.36. The summed E-state index contributed by atoms with van der Waals surface area (Å²) in [4.78, 5) is 9.90. The molecular weight excluding hydrogens is 208 g/mol. The van der Waals surface area contributed by atoms with Gasteiger partial charge in [0.2, 0.25) is 0 Å². The van der Waals surface area contributed by atoms with Crippen LogP contribution in [0.4, 0.5) is 0 Å². The van der Waals surface area contributed by atoms with E-state index >= 15 is 0 Å². The summed E-state index contributed by atoms with van der Waals surface area (Å²) in [7, 11) is 0. The molecular formula is C6H12CaO6. The van der Waals surface area contributed by atoms with Crippen LogP contribution in [0.3, 0.4) is 0 Å². The van der Waals surface area contributed by atoms with Crippen molar-refractivity contribution < 1.29 is 30.3 Å². The second kappa shape index (κ2) is 8.07. The van der Waals surface area contributed by atoms with Crippen molar-refractivity contribution in [3.63, 3.8) is 0 Å². The standard InChI is InChI=1S/C6H12O6.Ca/c7-1-3(9)5(11)6(12)4(10)2-8;/h1,3-6,8-12H,2H2;/t3-,4-,5-,6-;/m1./s1. The molecule has 0 saturated heterocycles. The zero-order valence-electron chi connectivity index (χ0n) is 6.95. The van der Waals surface area contributed by atoms with Crippen molar-refractivity contribution in [2.24, 2.45) is 0 Å². The molecule has 0 unspecified atom stereocenters. The molecule has 0 saturated carbocycles. The minimum absolute atomic E-state index is 0. The van der Waals surface area contributed by atoms with Crippen molar-refractivity contribution in [2.45, 2.75) is 24.4 Å². The van der Waals surface area contributed by atoms with E-state index in [-0.39, 0.29) is 44.0 Å². The van der Waals surface area contributed by atoms with E-state index in [9.17, 15) is 4.79 Å². The molecule has 0 amide bonds. The number of hydrogen-bond acceptors (Lipinski definition) is 6. The van der Waals surface area contributed by atoms with Crippen LogP contribution < -0.4 is 0 Å². The van der Waals surface area contributed by atoms with Crippen molar-refractivity contribution in [1.29, 1.82) is 0 Å². The summed E-state index contributed by atoms with van der Waals surface area (Å²) in [5.74, 6) is 0. The van der Waals surface area contributed by atoms with Gasteiger partial charge in [-0.1, -0.05) is 0 Å². The third-order valence-corrected chi connectivity index (χ3v) is 1.42. The van der Waals surface area contributed by atoms with Gasteiger partial charge in [0, 0.05) is 37.7 Å². The zero-order valence-corrected chi connectivity index (χ0v) is 9.15. The van der Waals surface area contributed by atoms with E-state index in [4.69, 9.17) is 25.5 Å². The Morgan fingerprint density at radius 1 is 1.08 bits per heavy atom. The molecule has 0 aromatic carbocycles. The van der Waals surface area contributed by atoms with E-state index in [0.717, 1.165) is 0 Å². The predicted molar refractivity (Wildman–Crippen MR) is 42.9 cm³/mol. The van der Waals surface area contributed by atoms with Crippen molar-refractivity contribution in [1.82, 2.24) is 0 Å². The van der Waals surface area contributed by atoms with Gasteiger partial charge in [-0.15, -0.1) is 0 Å². The average molecular weight is 220 g/mol. The molecule has 0 rings (SSSR count). The molecule has 0 aliphatic carbocycles. The summed E-state index contributed by atoms with van der Waals surface area (Å²) < 4.78 is 0. The first kappa shape index (κ1) is 16.2. The maximum Gasteiger partial charge on any atom is 0.151 e. The molecule has 0 fully saturated rings. The number of aliphatic hydroxyl groups excluding tert-OH is 5. The summed E-state index contributed by atoms with van der Waals surface area (Å²) >= 11 is 0. The first-order chi connectivity index (χ1) is 5.54. The number of aliphatic hydroxyl groups is 5. The Kier molecular flexibility index (Phi) is 10.0. The van der Waals surface area contributed by atoms with Gasteiger partial charge in [-0.25, -0.2) is 0 Å². The Morgan fingerprint density at radius 3 is 1.85 bits per heavy atom. The summed E-state index contributed by atoms with van der Waals surface area (Å²) in [6.07, 6.45) is -6.84. The molecule has 13 heavy (non-hydrogen) atoms. The van der Waals surface area contributed by atoms with Crippen LogP contribution >= 0.6 is 0 Å². The fourth-order valence-electron chi connectivity index (χ4n) is 0.618. The fourth-order valence-corrected chi connectivity index (χ4v) is 0.618. The van der Waals surface area contributed by atoms with E-state index in [1.807, 2.05) is 0 Å². The summed E-state index contributed by atoms with van der Waals surface area (Å²) in [6.45, 7) is -0.760. The van der Waals surface area contributed by atoms with Crippen molar-refractivity contribution in [3.05, 3.63) is 0 Å². The molecule has 0 aromatic rings. The van der Waals surface area contributed by atoms with Crippen LogP contribution in [0.15, 0.2) is 0 Å². The number of carbonyl (C=O) groups is 1. The fraction of sp³-hybridized carbons (Fsp3) is 0.833. The third-order valence-electron chi connectivity index (χ3n) is 1.42. The van der Waals surface area contributed by atoms with Gasteiger partial charge in [-0.05, 0) is 0 Å². The van der Waals surface area contributed by atoms with Crippen LogP contribution in [0.2, 0.25) is 0 Å². The van der Waals surface area contributed by atoms with Gasteiger partial charge in [0.25, 0.3) is 0 Å². The summed E-state index contributed by atoms with van der Waals surface area (Å²) in [5, 5.41) is 43.5. The third kappa shape index (κ3) is 5.24. The predicted octanol–water partition coefficient (Wildman–Crippen LogP) is -3.76. The van der Waals surface area contributed by atoms with Crippen LogP contribution in [0.1, 0.15) is 0 Å². The molecule has 74 valence electrons. The molecule has 5 N–H and O–H groups in total. The molecule has 0 aliphatic heterocycles. The van der Waals surface area contributed by atoms with Crippen LogP contribution in [-0.2, 0) is 4.79 Å². The summed E-state index contributed by atoms with van der Waals surface area (Å²) in [6, 6.07) is 0. The SMILES string of the molecule is O=C[C@@H](O)[C@@H](O)[C@H](O)[C@H](O)CO.[Ca]. The van der Waals surface area contributed by atoms with Crippen LogP contribution in [0.5, 0.6) is 0 Å². The van der Waals surface area contributed by atoms with Gasteiger partial charge in [-0.3, -0.25) is 0 Å². The Hall–Kier alpha value is 0.730. The Bertz CT molecular complexity index is 143. The first-order valence-electron chi connectivity index (χ1n) is 3.33. The van der Waals surface area contributed by atoms with Gasteiger partial charge in [0.1, 0.15) is 24.4 Å². The zero-order chi connectivity index (χ0) is 9.72. The topological polar surface area (TPSA) is 118 Å². The molecule has 0 bridgehead atoms. The van der Waals surface area contributed by atoms with E-state index in [1.54, 1.807) is 0 Å². The van der Waals surface area contributed by atoms with E-state index in [2.05, 4.69) is 0 Å². The number of carbonyl (C=O) groups excluding carboxylic acids is 1. The van der Waals surface area contributed by atoms with Crippen molar-refractivity contribution in [2.75, 3.05) is 6.61 Å². The van der Waals surface area contributed by atoms with Gasteiger partial charge >= 0.3 is 0 Å². The number of hydrogen-bond donors (Lipinski definition) is 5. The molecule has 2 radical (unpaired) electrons. The van der Waals surface area contributed by atoms with Gasteiger partial charge in [0.15, 0.2) is 6.29 Å². The number of rotatable bonds is 5. The molecule has 0 spiro atoms. The quantitative estimate of drug-likeness (QED) is 0.240. The van der Waals surface area contributed by atoms with Gasteiger partial charge in [0.05, 0.1) is 6.61 Å². The minimum Gasteiger partial charge on any atom is -0.394 e. The average Bonchev–Trinajstić information content (AvgIpc) is 2.12. The largest absolute Gasteiger partial charge is 0.394 e. The molecule has 7 heteroatoms. The molecule has 6 nitrogen and oxygen atoms in total. The molecule has 0 heterocycles. The first-order valence-corrected chi connectivity index (χ1v) is 3.33. The summed E-state index contributed by atoms with van der Waals surface area (Å²) in [5.41, 5.74) is 0. The monoisotopic (exact) mass is 220 g/mol. The van der Waals surface area contributed by atoms with Crippen LogP contribution in [0.25, 0.3) is 0 Å². The maximum atomic E-state index is 9.90. The van der Waals surface area contributed by atoms with Gasteiger partial charge in [-0.2, -0.15) is 0 Å². The Labute approximate surface area is 105 Å². The second-order valence-corrected chi connectivity index (χ2v) is 2.36. The van der Waals surface area contributed by atoms with E-state index in [0.29, 0.717) is 0 Å². The van der Waals surface area contributed by atoms with Crippen molar-refractivity contribution in [3.8, 4) is 0 Å². The van der Waals surface area contributed by atoms with Crippen LogP contribution in [-0.4, -0.2) is 101 Å². The molecule has 0 aromatic heterocycles. The van der Waals surface area contributed by atoms with Gasteiger partial charge < -0.3 is 30.3 Å². The normalized spacial score (nSPS) is 19.5. The molecule has 0 aliphatic rings. The van der Waals surface area contributed by atoms with Crippen molar-refractivity contribution >= 4 is 44.0 Å². The molecule has 4 atom stereocenters. The van der Waals surface area contributed by atoms with E-state index < -0.39 is 31.0 Å². The van der Waals surface area contributed by atoms with E-state index in [1.165, 1.54) is 0 Å². The maximum absolute atomic E-state index is 9.90. The van der Waals surface area contributed by atoms with Crippen LogP contribution in [0, 0.1) is 0 Å². The smallest absolute Gasteiger partial charge is 0.151 e. The Morgan fingerprint density at radius 2 is 1.54 bits per heavy atom. The number of aldehydes is 1.